The number of rotatable bonds is 1. The second-order valence-electron chi connectivity index (χ2n) is 2.68. The first-order chi connectivity index (χ1) is 6.16. The third kappa shape index (κ3) is 1.40. The molecular weight excluding hydrogens is 190 g/mol. The van der Waals surface area contributed by atoms with E-state index in [2.05, 4.69) is 5.10 Å². The Kier molecular flexibility index (Phi) is 1.77. The first-order valence-electron chi connectivity index (χ1n) is 3.72. The molecule has 0 fully saturated rings. The third-order valence-electron chi connectivity index (χ3n) is 1.74. The van der Waals surface area contributed by atoms with Crippen molar-refractivity contribution in [1.82, 2.24) is 9.78 Å². The molecule has 2 aromatic rings. The largest absolute Gasteiger partial charge is 0.443 e. The molecule has 2 aromatic heterocycles. The summed E-state index contributed by atoms with van der Waals surface area (Å²) in [5.41, 5.74) is 6.30. The summed E-state index contributed by atoms with van der Waals surface area (Å²) >= 11 is 5.62. The van der Waals surface area contributed by atoms with Gasteiger partial charge in [0.2, 0.25) is 0 Å². The van der Waals surface area contributed by atoms with Crippen molar-refractivity contribution in [2.45, 2.75) is 0 Å². The Morgan fingerprint density at radius 1 is 1.54 bits per heavy atom. The van der Waals surface area contributed by atoms with Crippen LogP contribution in [0.3, 0.4) is 0 Å². The Bertz CT molecular complexity index is 413. The molecule has 0 radical (unpaired) electrons. The van der Waals surface area contributed by atoms with Crippen LogP contribution in [0.2, 0.25) is 5.22 Å². The van der Waals surface area contributed by atoms with Gasteiger partial charge < -0.3 is 10.2 Å². The van der Waals surface area contributed by atoms with Crippen LogP contribution < -0.4 is 5.73 Å². The predicted molar refractivity (Wildman–Crippen MR) is 50.3 cm³/mol. The average molecular weight is 198 g/mol. The summed E-state index contributed by atoms with van der Waals surface area (Å²) in [5, 5.41) is 4.48. The fourth-order valence-corrected chi connectivity index (χ4v) is 1.20. The Hall–Kier alpha value is -1.42. The molecule has 0 saturated heterocycles. The molecule has 0 bridgehead atoms. The number of nitrogens with two attached hydrogens (primary N) is 1. The van der Waals surface area contributed by atoms with E-state index in [0.717, 1.165) is 0 Å². The summed E-state index contributed by atoms with van der Waals surface area (Å²) in [6, 6.07) is 5.15. The minimum Gasteiger partial charge on any atom is -0.443 e. The van der Waals surface area contributed by atoms with Gasteiger partial charge in [0.25, 0.3) is 0 Å². The van der Waals surface area contributed by atoms with Crippen molar-refractivity contribution in [2.75, 3.05) is 5.73 Å². The second-order valence-corrected chi connectivity index (χ2v) is 3.05. The number of hydrogen-bond acceptors (Lipinski definition) is 3. The summed E-state index contributed by atoms with van der Waals surface area (Å²) in [6.45, 7) is 0. The monoisotopic (exact) mass is 197 g/mol. The summed E-state index contributed by atoms with van der Waals surface area (Å²) < 4.78 is 6.75. The van der Waals surface area contributed by atoms with E-state index in [0.29, 0.717) is 22.5 Å². The number of aromatic nitrogens is 2. The molecule has 2 rings (SSSR count). The quantitative estimate of drug-likeness (QED) is 0.760. The van der Waals surface area contributed by atoms with E-state index < -0.39 is 0 Å². The summed E-state index contributed by atoms with van der Waals surface area (Å²) in [5.74, 6) is 1.21. The molecule has 0 saturated carbocycles. The number of anilines is 1. The molecule has 4 nitrogen and oxygen atoms in total. The normalized spacial score (nSPS) is 10.6. The first kappa shape index (κ1) is 8.19. The van der Waals surface area contributed by atoms with E-state index in [9.17, 15) is 0 Å². The van der Waals surface area contributed by atoms with E-state index in [1.54, 1.807) is 29.9 Å². The minimum absolute atomic E-state index is 0.347. The van der Waals surface area contributed by atoms with E-state index >= 15 is 0 Å². The number of aryl methyl sites for hydroxylation is 1. The van der Waals surface area contributed by atoms with Crippen molar-refractivity contribution in [3.8, 4) is 11.5 Å². The van der Waals surface area contributed by atoms with Gasteiger partial charge in [0.05, 0.1) is 0 Å². The molecule has 13 heavy (non-hydrogen) atoms. The molecule has 2 N–H and O–H groups in total. The van der Waals surface area contributed by atoms with Crippen molar-refractivity contribution in [3.05, 3.63) is 23.4 Å². The van der Waals surface area contributed by atoms with Crippen LogP contribution in [0.4, 0.5) is 5.82 Å². The summed E-state index contributed by atoms with van der Waals surface area (Å²) in [6.07, 6.45) is 0. The highest BCUT2D eigenvalue weighted by molar-refractivity contribution is 6.28. The number of nitrogens with zero attached hydrogens (tertiary/aromatic N) is 2. The van der Waals surface area contributed by atoms with Crippen LogP contribution in [-0.4, -0.2) is 9.78 Å². The Balaban J connectivity index is 2.46. The van der Waals surface area contributed by atoms with Crippen LogP contribution in [0.5, 0.6) is 0 Å². The van der Waals surface area contributed by atoms with Crippen molar-refractivity contribution >= 4 is 17.4 Å². The molecule has 0 aliphatic rings. The van der Waals surface area contributed by atoms with Gasteiger partial charge in [-0.1, -0.05) is 0 Å². The van der Waals surface area contributed by atoms with Gasteiger partial charge in [0, 0.05) is 13.1 Å². The molecule has 5 heteroatoms. The molecule has 0 aliphatic carbocycles. The molecule has 68 valence electrons. The lowest BCUT2D eigenvalue weighted by molar-refractivity contribution is 0.580. The fourth-order valence-electron chi connectivity index (χ4n) is 1.05. The number of hydrogen-bond donors (Lipinski definition) is 1. The Morgan fingerprint density at radius 3 is 2.77 bits per heavy atom. The van der Waals surface area contributed by atoms with Gasteiger partial charge in [-0.2, -0.15) is 5.10 Å². The molecule has 0 aromatic carbocycles. The Labute approximate surface area is 79.9 Å². The van der Waals surface area contributed by atoms with Crippen LogP contribution >= 0.6 is 11.6 Å². The van der Waals surface area contributed by atoms with Crippen molar-refractivity contribution in [1.29, 1.82) is 0 Å². The van der Waals surface area contributed by atoms with Gasteiger partial charge in [-0.05, 0) is 23.7 Å². The van der Waals surface area contributed by atoms with E-state index in [1.807, 2.05) is 0 Å². The highest BCUT2D eigenvalue weighted by Crippen LogP contribution is 2.24. The zero-order valence-corrected chi connectivity index (χ0v) is 7.75. The zero-order valence-electron chi connectivity index (χ0n) is 6.99. The molecular formula is C8H8ClN3O. The SMILES string of the molecule is Cn1nc(-c2ccc(Cl)o2)cc1N. The summed E-state index contributed by atoms with van der Waals surface area (Å²) in [4.78, 5) is 0. The lowest BCUT2D eigenvalue weighted by Crippen LogP contribution is -1.96. The van der Waals surface area contributed by atoms with Crippen LogP contribution in [0.15, 0.2) is 22.6 Å². The molecule has 0 spiro atoms. The van der Waals surface area contributed by atoms with Gasteiger partial charge in [0.1, 0.15) is 11.5 Å². The van der Waals surface area contributed by atoms with Crippen LogP contribution in [0.25, 0.3) is 11.5 Å². The highest BCUT2D eigenvalue weighted by Gasteiger charge is 2.08. The zero-order chi connectivity index (χ0) is 9.42. The third-order valence-corrected chi connectivity index (χ3v) is 1.94. The summed E-state index contributed by atoms with van der Waals surface area (Å²) in [7, 11) is 1.77. The maximum Gasteiger partial charge on any atom is 0.194 e. The standard InChI is InChI=1S/C8H8ClN3O/c1-12-8(10)4-5(11-12)6-2-3-7(9)13-6/h2-4H,10H2,1H3. The van der Waals surface area contributed by atoms with Crippen molar-refractivity contribution in [2.24, 2.45) is 7.05 Å². The maximum atomic E-state index is 5.62. The molecule has 0 atom stereocenters. The van der Waals surface area contributed by atoms with E-state index in [-0.39, 0.29) is 0 Å². The second kappa shape index (κ2) is 2.81. The topological polar surface area (TPSA) is 57.0 Å². The van der Waals surface area contributed by atoms with Crippen molar-refractivity contribution < 1.29 is 4.42 Å². The highest BCUT2D eigenvalue weighted by atomic mass is 35.5. The number of nitrogen functional groups attached to an aromatic ring is 1. The molecule has 0 aliphatic heterocycles. The first-order valence-corrected chi connectivity index (χ1v) is 4.10. The molecule has 0 unspecified atom stereocenters. The minimum atomic E-state index is 0.347. The number of furan rings is 1. The predicted octanol–water partition coefficient (Wildman–Crippen LogP) is 1.92. The van der Waals surface area contributed by atoms with Crippen LogP contribution in [0, 0.1) is 0 Å². The lowest BCUT2D eigenvalue weighted by atomic mass is 10.3. The Morgan fingerprint density at radius 2 is 2.31 bits per heavy atom. The average Bonchev–Trinajstić information content (AvgIpc) is 2.61. The smallest absolute Gasteiger partial charge is 0.194 e. The van der Waals surface area contributed by atoms with Crippen molar-refractivity contribution in [3.63, 3.8) is 0 Å². The van der Waals surface area contributed by atoms with Gasteiger partial charge in [0.15, 0.2) is 11.0 Å². The lowest BCUT2D eigenvalue weighted by Gasteiger charge is -1.89. The van der Waals surface area contributed by atoms with E-state index in [4.69, 9.17) is 21.8 Å². The maximum absolute atomic E-state index is 5.62. The van der Waals surface area contributed by atoms with E-state index in [1.165, 1.54) is 0 Å². The van der Waals surface area contributed by atoms with Gasteiger partial charge in [-0.3, -0.25) is 4.68 Å². The van der Waals surface area contributed by atoms with Crippen LogP contribution in [0.1, 0.15) is 0 Å². The molecule has 0 amide bonds. The van der Waals surface area contributed by atoms with Gasteiger partial charge in [-0.25, -0.2) is 0 Å². The van der Waals surface area contributed by atoms with Gasteiger partial charge >= 0.3 is 0 Å². The van der Waals surface area contributed by atoms with Crippen LogP contribution in [-0.2, 0) is 7.05 Å². The fraction of sp³-hybridized carbons (Fsp3) is 0.125. The molecule has 2 heterocycles. The number of halogens is 1. The van der Waals surface area contributed by atoms with Gasteiger partial charge in [-0.15, -0.1) is 0 Å².